The molecule has 6 unspecified atom stereocenters. The van der Waals surface area contributed by atoms with E-state index in [1.54, 1.807) is 24.3 Å². The van der Waals surface area contributed by atoms with Gasteiger partial charge in [0.05, 0.1) is 23.2 Å². The molecular weight excluding hydrogens is 907 g/mol. The van der Waals surface area contributed by atoms with Crippen LogP contribution < -0.4 is 9.47 Å². The number of nitrogens with zero attached hydrogens (tertiary/aromatic N) is 3. The van der Waals surface area contributed by atoms with Gasteiger partial charge in [-0.15, -0.1) is 6.58 Å². The Kier molecular flexibility index (Phi) is 15.7. The third-order valence-electron chi connectivity index (χ3n) is 14.4. The number of aliphatic hydroxyl groups is 2. The van der Waals surface area contributed by atoms with Crippen LogP contribution in [0.4, 0.5) is 5.69 Å². The molecule has 2 aliphatic carbocycles. The van der Waals surface area contributed by atoms with Gasteiger partial charge in [0.25, 0.3) is 5.69 Å². The number of hydrogen-bond acceptors (Lipinski definition) is 10. The Balaban J connectivity index is 1.21. The van der Waals surface area contributed by atoms with Crippen LogP contribution in [0.1, 0.15) is 67.6 Å². The van der Waals surface area contributed by atoms with Crippen molar-refractivity contribution in [1.29, 1.82) is 0 Å². The SMILES string of the molecule is C=CCOC12Oc3ccc(Oc4ccc(-c5ccccc5)cc4)cc3C3C(CCCCO)C(CCCCO)C=C(C(=NOC)CC1N(Cc1cccc4ccccc14)C(=O)C=Cc1ccc([N+](=O)[O-])cc1)C32. The molecule has 0 spiro atoms. The zero-order chi connectivity index (χ0) is 50.0. The average molecular weight is 968 g/mol. The van der Waals surface area contributed by atoms with Crippen LogP contribution in [0.15, 0.2) is 175 Å². The molecule has 0 radical (unpaired) electrons. The molecule has 0 bridgehead atoms. The molecule has 1 heterocycles. The molecule has 6 aromatic carbocycles. The van der Waals surface area contributed by atoms with E-state index in [4.69, 9.17) is 24.2 Å². The maximum atomic E-state index is 15.4. The van der Waals surface area contributed by atoms with Crippen LogP contribution in [0, 0.1) is 27.9 Å². The lowest BCUT2D eigenvalue weighted by Crippen LogP contribution is -2.70. The molecule has 3 aliphatic rings. The van der Waals surface area contributed by atoms with E-state index < -0.39 is 22.7 Å². The Labute approximate surface area is 420 Å². The minimum atomic E-state index is -1.51. The first-order chi connectivity index (χ1) is 35.2. The molecule has 1 fully saturated rings. The van der Waals surface area contributed by atoms with Gasteiger partial charge in [-0.1, -0.05) is 115 Å². The summed E-state index contributed by atoms with van der Waals surface area (Å²) in [6, 6.07) is 43.6. The van der Waals surface area contributed by atoms with Gasteiger partial charge in [0.2, 0.25) is 11.7 Å². The van der Waals surface area contributed by atoms with Crippen molar-refractivity contribution in [3.8, 4) is 28.4 Å². The molecular formula is C60H61N3O9. The number of nitro benzene ring substituents is 1. The lowest BCUT2D eigenvalue weighted by Gasteiger charge is -2.60. The molecule has 72 heavy (non-hydrogen) atoms. The van der Waals surface area contributed by atoms with Gasteiger partial charge in [-0.2, -0.15) is 0 Å². The van der Waals surface area contributed by atoms with Crippen molar-refractivity contribution in [2.24, 2.45) is 22.9 Å². The Hall–Kier alpha value is -7.38. The number of unbranched alkanes of at least 4 members (excludes halogenated alkanes) is 2. The van der Waals surface area contributed by atoms with Crippen molar-refractivity contribution < 1.29 is 39.0 Å². The number of carbonyl (C=O) groups excluding carboxylic acids is 1. The van der Waals surface area contributed by atoms with Gasteiger partial charge < -0.3 is 34.2 Å². The summed E-state index contributed by atoms with van der Waals surface area (Å²) in [5.74, 6) is -0.680. The number of amides is 1. The summed E-state index contributed by atoms with van der Waals surface area (Å²) in [4.78, 5) is 34.0. The van der Waals surface area contributed by atoms with E-state index in [1.165, 1.54) is 25.3 Å². The summed E-state index contributed by atoms with van der Waals surface area (Å²) < 4.78 is 21.4. The van der Waals surface area contributed by atoms with E-state index in [1.807, 2.05) is 71.6 Å². The third kappa shape index (κ3) is 10.5. The molecule has 0 aromatic heterocycles. The van der Waals surface area contributed by atoms with Crippen LogP contribution in [0.3, 0.4) is 0 Å². The van der Waals surface area contributed by atoms with Crippen LogP contribution in [0.5, 0.6) is 17.2 Å². The Morgan fingerprint density at radius 1 is 0.861 bits per heavy atom. The second-order valence-corrected chi connectivity index (χ2v) is 18.7. The summed E-state index contributed by atoms with van der Waals surface area (Å²) in [5.41, 5.74) is 6.19. The second-order valence-electron chi connectivity index (χ2n) is 18.7. The van der Waals surface area contributed by atoms with Crippen LogP contribution in [0.25, 0.3) is 28.0 Å². The number of rotatable bonds is 21. The number of carbonyl (C=O) groups is 1. The zero-order valence-electron chi connectivity index (χ0n) is 40.6. The topological polar surface area (TPSA) is 153 Å². The molecule has 1 aliphatic heterocycles. The molecule has 12 heteroatoms. The number of hydrogen-bond donors (Lipinski definition) is 2. The van der Waals surface area contributed by atoms with Crippen LogP contribution in [-0.2, 0) is 20.9 Å². The van der Waals surface area contributed by atoms with Gasteiger partial charge in [-0.05, 0) is 125 Å². The first kappa shape index (κ1) is 49.6. The predicted octanol–water partition coefficient (Wildman–Crippen LogP) is 12.2. The molecule has 12 nitrogen and oxygen atoms in total. The maximum absolute atomic E-state index is 15.4. The van der Waals surface area contributed by atoms with E-state index in [0.29, 0.717) is 41.4 Å². The van der Waals surface area contributed by atoms with E-state index in [0.717, 1.165) is 64.3 Å². The van der Waals surface area contributed by atoms with Gasteiger partial charge in [0.1, 0.15) is 30.4 Å². The van der Waals surface area contributed by atoms with E-state index in [2.05, 4.69) is 61.2 Å². The van der Waals surface area contributed by atoms with E-state index in [-0.39, 0.29) is 62.1 Å². The smallest absolute Gasteiger partial charge is 0.269 e. The molecule has 6 aromatic rings. The number of allylic oxidation sites excluding steroid dienone is 1. The first-order valence-corrected chi connectivity index (χ1v) is 24.9. The fourth-order valence-corrected chi connectivity index (χ4v) is 11.2. The first-order valence-electron chi connectivity index (χ1n) is 24.9. The lowest BCUT2D eigenvalue weighted by atomic mass is 9.55. The second kappa shape index (κ2) is 22.8. The highest BCUT2D eigenvalue weighted by Gasteiger charge is 2.65. The van der Waals surface area contributed by atoms with Crippen LogP contribution in [0.2, 0.25) is 0 Å². The van der Waals surface area contributed by atoms with Crippen LogP contribution >= 0.6 is 0 Å². The average Bonchev–Trinajstić information content (AvgIpc) is 3.41. The highest BCUT2D eigenvalue weighted by Crippen LogP contribution is 2.62. The molecule has 9 rings (SSSR count). The fraction of sp³-hybridized carbons (Fsp3) is 0.300. The van der Waals surface area contributed by atoms with Gasteiger partial charge >= 0.3 is 0 Å². The van der Waals surface area contributed by atoms with Crippen molar-refractivity contribution in [3.63, 3.8) is 0 Å². The predicted molar refractivity (Wildman–Crippen MR) is 281 cm³/mol. The summed E-state index contributed by atoms with van der Waals surface area (Å²) in [5, 5.41) is 38.4. The van der Waals surface area contributed by atoms with Gasteiger partial charge in [-0.25, -0.2) is 0 Å². The quantitative estimate of drug-likeness (QED) is 0.0236. The monoisotopic (exact) mass is 967 g/mol. The number of benzene rings is 6. The maximum Gasteiger partial charge on any atom is 0.269 e. The highest BCUT2D eigenvalue weighted by atomic mass is 16.7. The van der Waals surface area contributed by atoms with E-state index >= 15 is 4.79 Å². The molecule has 370 valence electrons. The lowest BCUT2D eigenvalue weighted by molar-refractivity contribution is -0.384. The van der Waals surface area contributed by atoms with Crippen molar-refractivity contribution >= 4 is 34.2 Å². The summed E-state index contributed by atoms with van der Waals surface area (Å²) in [7, 11) is 1.53. The third-order valence-corrected chi connectivity index (χ3v) is 14.4. The molecule has 1 amide bonds. The van der Waals surface area contributed by atoms with Crippen molar-refractivity contribution in [3.05, 3.63) is 197 Å². The Morgan fingerprint density at radius 3 is 2.31 bits per heavy atom. The van der Waals surface area contributed by atoms with Crippen LogP contribution in [-0.4, -0.2) is 70.4 Å². The molecule has 1 saturated carbocycles. The number of aliphatic hydroxyl groups excluding tert-OH is 2. The Morgan fingerprint density at radius 2 is 1.57 bits per heavy atom. The Bertz CT molecular complexity index is 2950. The number of ether oxygens (including phenoxy) is 3. The largest absolute Gasteiger partial charge is 0.459 e. The summed E-state index contributed by atoms with van der Waals surface area (Å²) in [6.07, 6.45) is 11.8. The van der Waals surface area contributed by atoms with Crippen molar-refractivity contribution in [2.45, 2.75) is 69.2 Å². The zero-order valence-corrected chi connectivity index (χ0v) is 40.6. The minimum absolute atomic E-state index is 0.00514. The minimum Gasteiger partial charge on any atom is -0.459 e. The number of nitro groups is 1. The molecule has 2 N–H and O–H groups in total. The van der Waals surface area contributed by atoms with Crippen molar-refractivity contribution in [1.82, 2.24) is 4.90 Å². The summed E-state index contributed by atoms with van der Waals surface area (Å²) in [6.45, 7) is 4.51. The normalized spacial score (nSPS) is 21.6. The van der Waals surface area contributed by atoms with Crippen molar-refractivity contribution in [2.75, 3.05) is 26.9 Å². The molecule has 0 saturated heterocycles. The fourth-order valence-electron chi connectivity index (χ4n) is 11.2. The number of oxime groups is 1. The number of non-ortho nitro benzene ring substituents is 1. The summed E-state index contributed by atoms with van der Waals surface area (Å²) >= 11 is 0. The molecule has 6 atom stereocenters. The van der Waals surface area contributed by atoms with Gasteiger partial charge in [-0.3, -0.25) is 14.9 Å². The van der Waals surface area contributed by atoms with Gasteiger partial charge in [0.15, 0.2) is 0 Å². The highest BCUT2D eigenvalue weighted by molar-refractivity contribution is 6.03. The number of fused-ring (bicyclic) bond motifs is 3. The standard InChI is InChI=1S/C60H61N3O9/c1-3-36-70-60-56(62(40-46-19-13-18-44-16-7-8-20-50(44)46)57(66)33-24-41-22-27-47(28-23-41)63(67)68)39-54(61-69-2)52-37-45(17-9-11-34-64)51(21-10-12-35-65)58(59(52)60)53-38-49(31-32-55(53)72-60)71-48-29-25-43(26-30-48)42-14-5-4-6-15-42/h3-8,13-16,18-20,22-33,37-38,45,51,56,58-59,64-65H,1,9-12,17,21,34-36,39-40H2,2H3. The van der Waals surface area contributed by atoms with E-state index in [9.17, 15) is 20.3 Å². The van der Waals surface area contributed by atoms with Gasteiger partial charge in [0, 0.05) is 55.9 Å².